The molecule has 0 unspecified atom stereocenters. The summed E-state index contributed by atoms with van der Waals surface area (Å²) < 4.78 is 7.92. The molecule has 2 aromatic carbocycles. The Morgan fingerprint density at radius 1 is 0.862 bits per heavy atom. The molecule has 0 bridgehead atoms. The van der Waals surface area contributed by atoms with Gasteiger partial charge in [0.2, 0.25) is 0 Å². The van der Waals surface area contributed by atoms with Gasteiger partial charge in [-0.1, -0.05) is 66.7 Å². The number of carbonyl (C=O) groups is 1. The molecule has 3 heteroatoms. The molecule has 3 nitrogen and oxygen atoms in total. The number of benzene rings is 2. The Labute approximate surface area is 171 Å². The SMILES string of the molecule is CC(C)(C)OC(=O)c1c(-c2ccccc2)c(Cc2ccccc2)n2ccccc12. The van der Waals surface area contributed by atoms with E-state index in [2.05, 4.69) is 28.7 Å². The Hall–Kier alpha value is -3.33. The van der Waals surface area contributed by atoms with E-state index in [9.17, 15) is 4.79 Å². The molecule has 0 aliphatic heterocycles. The van der Waals surface area contributed by atoms with Crippen LogP contribution in [0.1, 0.15) is 42.4 Å². The average Bonchev–Trinajstić information content (AvgIpc) is 3.03. The van der Waals surface area contributed by atoms with Gasteiger partial charge in [0.1, 0.15) is 5.60 Å². The molecule has 0 atom stereocenters. The first kappa shape index (κ1) is 19.0. The number of carbonyl (C=O) groups excluding carboxylic acids is 1. The van der Waals surface area contributed by atoms with Crippen LogP contribution >= 0.6 is 0 Å². The number of rotatable bonds is 4. The molecule has 0 saturated heterocycles. The number of aromatic nitrogens is 1. The van der Waals surface area contributed by atoms with Gasteiger partial charge >= 0.3 is 5.97 Å². The van der Waals surface area contributed by atoms with Gasteiger partial charge in [-0.15, -0.1) is 0 Å². The second-order valence-corrected chi connectivity index (χ2v) is 8.18. The Morgan fingerprint density at radius 3 is 2.14 bits per heavy atom. The Balaban J connectivity index is 1.99. The fraction of sp³-hybridized carbons (Fsp3) is 0.192. The van der Waals surface area contributed by atoms with Gasteiger partial charge in [-0.2, -0.15) is 0 Å². The van der Waals surface area contributed by atoms with E-state index in [1.807, 2.05) is 81.6 Å². The van der Waals surface area contributed by atoms with Crippen molar-refractivity contribution in [1.29, 1.82) is 0 Å². The third-order valence-corrected chi connectivity index (χ3v) is 4.83. The first-order valence-corrected chi connectivity index (χ1v) is 9.88. The minimum absolute atomic E-state index is 0.292. The monoisotopic (exact) mass is 383 g/mol. The van der Waals surface area contributed by atoms with E-state index in [0.29, 0.717) is 5.56 Å². The minimum Gasteiger partial charge on any atom is -0.456 e. The summed E-state index contributed by atoms with van der Waals surface area (Å²) in [6, 6.07) is 26.4. The number of hydrogen-bond acceptors (Lipinski definition) is 2. The quantitative estimate of drug-likeness (QED) is 0.396. The Kier molecular flexibility index (Phi) is 4.98. The van der Waals surface area contributed by atoms with E-state index in [1.165, 1.54) is 5.56 Å². The van der Waals surface area contributed by atoms with Gasteiger partial charge in [-0.05, 0) is 44.0 Å². The van der Waals surface area contributed by atoms with Gasteiger partial charge in [0.25, 0.3) is 0 Å². The number of nitrogens with zero attached hydrogens (tertiary/aromatic N) is 1. The summed E-state index contributed by atoms with van der Waals surface area (Å²) in [6.07, 6.45) is 2.74. The summed E-state index contributed by atoms with van der Waals surface area (Å²) in [4.78, 5) is 13.3. The highest BCUT2D eigenvalue weighted by Gasteiger charge is 2.28. The maximum atomic E-state index is 13.3. The van der Waals surface area contributed by atoms with Crippen LogP contribution in [0.4, 0.5) is 0 Å². The molecule has 2 heterocycles. The van der Waals surface area contributed by atoms with Gasteiger partial charge in [0, 0.05) is 23.9 Å². The highest BCUT2D eigenvalue weighted by molar-refractivity contribution is 6.06. The van der Waals surface area contributed by atoms with Gasteiger partial charge in [-0.25, -0.2) is 4.79 Å². The lowest BCUT2D eigenvalue weighted by Gasteiger charge is -2.20. The Morgan fingerprint density at radius 2 is 1.48 bits per heavy atom. The fourth-order valence-electron chi connectivity index (χ4n) is 3.69. The standard InChI is InChI=1S/C26H25NO2/c1-26(2,3)29-25(28)24-21-16-10-11-17-27(21)22(18-19-12-6-4-7-13-19)23(24)20-14-8-5-9-15-20/h4-17H,18H2,1-3H3. The van der Waals surface area contributed by atoms with E-state index in [4.69, 9.17) is 4.74 Å². The molecule has 0 N–H and O–H groups in total. The molecule has 4 rings (SSSR count). The summed E-state index contributed by atoms with van der Waals surface area (Å²) in [5.41, 5.74) is 5.16. The number of ether oxygens (including phenoxy) is 1. The first-order chi connectivity index (χ1) is 13.9. The maximum Gasteiger partial charge on any atom is 0.341 e. The van der Waals surface area contributed by atoms with Crippen molar-refractivity contribution in [1.82, 2.24) is 4.40 Å². The zero-order valence-electron chi connectivity index (χ0n) is 17.1. The summed E-state index contributed by atoms with van der Waals surface area (Å²) >= 11 is 0. The highest BCUT2D eigenvalue weighted by atomic mass is 16.6. The van der Waals surface area contributed by atoms with Crippen LogP contribution in [0.2, 0.25) is 0 Å². The van der Waals surface area contributed by atoms with Crippen LogP contribution in [0.15, 0.2) is 85.1 Å². The van der Waals surface area contributed by atoms with E-state index in [0.717, 1.165) is 28.8 Å². The molecule has 0 saturated carbocycles. The predicted octanol–water partition coefficient (Wildman–Crippen LogP) is 6.15. The average molecular weight is 383 g/mol. The van der Waals surface area contributed by atoms with Crippen molar-refractivity contribution in [3.8, 4) is 11.1 Å². The van der Waals surface area contributed by atoms with E-state index >= 15 is 0 Å². The van der Waals surface area contributed by atoms with Crippen LogP contribution in [-0.4, -0.2) is 16.0 Å². The van der Waals surface area contributed by atoms with E-state index in [-0.39, 0.29) is 5.97 Å². The number of hydrogen-bond donors (Lipinski definition) is 0. The van der Waals surface area contributed by atoms with Crippen molar-refractivity contribution < 1.29 is 9.53 Å². The number of fused-ring (bicyclic) bond motifs is 1. The lowest BCUT2D eigenvalue weighted by molar-refractivity contribution is 0.00728. The highest BCUT2D eigenvalue weighted by Crippen LogP contribution is 2.35. The van der Waals surface area contributed by atoms with Crippen molar-refractivity contribution in [2.75, 3.05) is 0 Å². The van der Waals surface area contributed by atoms with Crippen molar-refractivity contribution in [2.45, 2.75) is 32.8 Å². The van der Waals surface area contributed by atoms with Gasteiger partial charge in [0.15, 0.2) is 0 Å². The zero-order chi connectivity index (χ0) is 20.4. The smallest absolute Gasteiger partial charge is 0.341 e. The molecule has 29 heavy (non-hydrogen) atoms. The van der Waals surface area contributed by atoms with Gasteiger partial charge in [-0.3, -0.25) is 0 Å². The van der Waals surface area contributed by atoms with Crippen molar-refractivity contribution >= 4 is 11.5 Å². The van der Waals surface area contributed by atoms with Crippen LogP contribution in [0.3, 0.4) is 0 Å². The summed E-state index contributed by atoms with van der Waals surface area (Å²) in [5.74, 6) is -0.292. The van der Waals surface area contributed by atoms with Crippen LogP contribution in [-0.2, 0) is 11.2 Å². The molecule has 0 amide bonds. The first-order valence-electron chi connectivity index (χ1n) is 9.88. The molecule has 2 aromatic heterocycles. The zero-order valence-corrected chi connectivity index (χ0v) is 17.1. The lowest BCUT2D eigenvalue weighted by atomic mass is 9.97. The van der Waals surface area contributed by atoms with E-state index < -0.39 is 5.60 Å². The summed E-state index contributed by atoms with van der Waals surface area (Å²) in [6.45, 7) is 5.70. The maximum absolute atomic E-state index is 13.3. The number of esters is 1. The normalized spacial score (nSPS) is 11.6. The molecule has 0 fully saturated rings. The molecular weight excluding hydrogens is 358 g/mol. The van der Waals surface area contributed by atoms with E-state index in [1.54, 1.807) is 0 Å². The molecule has 0 aliphatic rings. The molecule has 0 spiro atoms. The lowest BCUT2D eigenvalue weighted by Crippen LogP contribution is -2.24. The van der Waals surface area contributed by atoms with Crippen LogP contribution in [0.5, 0.6) is 0 Å². The third kappa shape index (κ3) is 3.95. The van der Waals surface area contributed by atoms with Gasteiger partial charge < -0.3 is 9.14 Å². The summed E-state index contributed by atoms with van der Waals surface area (Å²) in [7, 11) is 0. The summed E-state index contributed by atoms with van der Waals surface area (Å²) in [5, 5.41) is 0. The third-order valence-electron chi connectivity index (χ3n) is 4.83. The van der Waals surface area contributed by atoms with Crippen molar-refractivity contribution in [2.24, 2.45) is 0 Å². The van der Waals surface area contributed by atoms with Crippen molar-refractivity contribution in [3.63, 3.8) is 0 Å². The van der Waals surface area contributed by atoms with Crippen LogP contribution in [0.25, 0.3) is 16.6 Å². The van der Waals surface area contributed by atoms with Crippen LogP contribution in [0, 0.1) is 0 Å². The Bertz CT molecular complexity index is 1140. The van der Waals surface area contributed by atoms with Crippen molar-refractivity contribution in [3.05, 3.63) is 102 Å². The second kappa shape index (κ2) is 7.59. The molecule has 146 valence electrons. The van der Waals surface area contributed by atoms with Crippen LogP contribution < -0.4 is 0 Å². The molecular formula is C26H25NO2. The van der Waals surface area contributed by atoms with Gasteiger partial charge in [0.05, 0.1) is 11.1 Å². The molecule has 0 radical (unpaired) electrons. The fourth-order valence-corrected chi connectivity index (χ4v) is 3.69. The number of pyridine rings is 1. The second-order valence-electron chi connectivity index (χ2n) is 8.18. The topological polar surface area (TPSA) is 30.7 Å². The predicted molar refractivity (Wildman–Crippen MR) is 117 cm³/mol. The molecule has 0 aliphatic carbocycles. The minimum atomic E-state index is -0.562. The largest absolute Gasteiger partial charge is 0.456 e. The molecule has 4 aromatic rings.